The van der Waals surface area contributed by atoms with Gasteiger partial charge >= 0.3 is 6.18 Å². The first-order chi connectivity index (χ1) is 20.6. The van der Waals surface area contributed by atoms with Gasteiger partial charge in [-0.25, -0.2) is 13.1 Å². The molecule has 0 radical (unpaired) electrons. The lowest BCUT2D eigenvalue weighted by molar-refractivity contribution is -0.137. The number of alkyl halides is 3. The summed E-state index contributed by atoms with van der Waals surface area (Å²) in [5.41, 5.74) is 1.62. The van der Waals surface area contributed by atoms with Crippen LogP contribution >= 0.6 is 0 Å². The summed E-state index contributed by atoms with van der Waals surface area (Å²) in [6.07, 6.45) is -4.35. The Morgan fingerprint density at radius 2 is 1.73 bits per heavy atom. The highest BCUT2D eigenvalue weighted by molar-refractivity contribution is 7.89. The number of halogens is 3. The molecule has 1 amide bonds. The van der Waals surface area contributed by atoms with Crippen molar-refractivity contribution in [2.24, 2.45) is 0 Å². The van der Waals surface area contributed by atoms with Crippen LogP contribution in [0.15, 0.2) is 65.6 Å². The van der Waals surface area contributed by atoms with E-state index in [-0.39, 0.29) is 23.3 Å². The highest BCUT2D eigenvalue weighted by Gasteiger charge is 2.45. The fraction of sp³-hybridized carbons (Fsp3) is 0.406. The largest absolute Gasteiger partial charge is 0.485 e. The Morgan fingerprint density at radius 1 is 1.07 bits per heavy atom. The first-order valence-corrected chi connectivity index (χ1v) is 15.9. The maximum absolute atomic E-state index is 13.8. The minimum Gasteiger partial charge on any atom is -0.485 e. The lowest BCUT2D eigenvalue weighted by Crippen LogP contribution is -2.53. The van der Waals surface area contributed by atoms with Crippen molar-refractivity contribution >= 4 is 21.6 Å². The standard InChI is InChI=1S/C32H36F3N3O5S/c1-19-7-5-8-20(2)27(19)36-18-23-9-6-16-38(23)30(40)21-10-15-26-25(17-21)28(29(39)31(3,4)43-26)37-44(41,42)24-13-11-22(12-14-24)32(33,34)35/h5,7-8,10-15,17,23,28-29,36-37,39H,6,9,16,18H2,1-4H3/t23-,28-,29+/m1/s1. The molecule has 1 fully saturated rings. The number of nitrogens with one attached hydrogen (secondary N) is 2. The Bertz CT molecular complexity index is 1640. The molecule has 236 valence electrons. The van der Waals surface area contributed by atoms with Gasteiger partial charge in [0.2, 0.25) is 10.0 Å². The molecule has 12 heteroatoms. The van der Waals surface area contributed by atoms with E-state index in [1.54, 1.807) is 30.9 Å². The van der Waals surface area contributed by atoms with Gasteiger partial charge in [0, 0.05) is 35.9 Å². The van der Waals surface area contributed by atoms with Crippen LogP contribution in [-0.4, -0.2) is 55.2 Å². The molecule has 1 saturated heterocycles. The maximum Gasteiger partial charge on any atom is 0.416 e. The number of aliphatic hydroxyl groups excluding tert-OH is 1. The molecule has 5 rings (SSSR count). The Labute approximate surface area is 255 Å². The molecule has 0 unspecified atom stereocenters. The number of aryl methyl sites for hydroxylation is 2. The SMILES string of the molecule is Cc1cccc(C)c1NC[C@H]1CCCN1C(=O)c1ccc2c(c1)[C@@H](NS(=O)(=O)c1ccc(C(F)(F)F)cc1)[C@H](O)C(C)(C)O2. The van der Waals surface area contributed by atoms with Gasteiger partial charge in [0.1, 0.15) is 17.5 Å². The van der Waals surface area contributed by atoms with Crippen molar-refractivity contribution in [1.29, 1.82) is 0 Å². The Morgan fingerprint density at radius 3 is 2.36 bits per heavy atom. The van der Waals surface area contributed by atoms with Crippen LogP contribution in [0.2, 0.25) is 0 Å². The van der Waals surface area contributed by atoms with Crippen molar-refractivity contribution < 1.29 is 36.2 Å². The van der Waals surface area contributed by atoms with Gasteiger partial charge in [0.05, 0.1) is 16.5 Å². The first kappa shape index (κ1) is 31.8. The summed E-state index contributed by atoms with van der Waals surface area (Å²) in [4.78, 5) is 15.2. The molecule has 2 aliphatic heterocycles. The van der Waals surface area contributed by atoms with E-state index in [1.807, 2.05) is 32.0 Å². The van der Waals surface area contributed by atoms with Crippen LogP contribution < -0.4 is 14.8 Å². The zero-order valence-corrected chi connectivity index (χ0v) is 25.7. The van der Waals surface area contributed by atoms with Crippen LogP contribution in [0.3, 0.4) is 0 Å². The fourth-order valence-electron chi connectivity index (χ4n) is 5.91. The zero-order valence-electron chi connectivity index (χ0n) is 24.9. The molecule has 3 aromatic rings. The molecule has 0 saturated carbocycles. The number of ether oxygens (including phenoxy) is 1. The number of carbonyl (C=O) groups excluding carboxylic acids is 1. The van der Waals surface area contributed by atoms with E-state index in [2.05, 4.69) is 10.0 Å². The number of amides is 1. The number of nitrogens with zero attached hydrogens (tertiary/aromatic N) is 1. The van der Waals surface area contributed by atoms with Gasteiger partial charge in [-0.15, -0.1) is 0 Å². The van der Waals surface area contributed by atoms with Gasteiger partial charge in [-0.3, -0.25) is 4.79 Å². The van der Waals surface area contributed by atoms with Gasteiger partial charge in [-0.1, -0.05) is 18.2 Å². The molecule has 0 spiro atoms. The highest BCUT2D eigenvalue weighted by Crippen LogP contribution is 2.41. The summed E-state index contributed by atoms with van der Waals surface area (Å²) < 4.78 is 74.2. The number of anilines is 1. The molecule has 44 heavy (non-hydrogen) atoms. The predicted molar refractivity (Wildman–Crippen MR) is 160 cm³/mol. The summed E-state index contributed by atoms with van der Waals surface area (Å²) in [5.74, 6) is 0.0499. The smallest absolute Gasteiger partial charge is 0.416 e. The van der Waals surface area contributed by atoms with Crippen molar-refractivity contribution in [3.05, 3.63) is 88.5 Å². The van der Waals surface area contributed by atoms with Gasteiger partial charge in [0.25, 0.3) is 5.91 Å². The average Bonchev–Trinajstić information content (AvgIpc) is 3.43. The van der Waals surface area contributed by atoms with Gasteiger partial charge in [-0.05, 0) is 94.1 Å². The van der Waals surface area contributed by atoms with Gasteiger partial charge in [-0.2, -0.15) is 13.2 Å². The lowest BCUT2D eigenvalue weighted by Gasteiger charge is -2.42. The second-order valence-electron chi connectivity index (χ2n) is 12.0. The van der Waals surface area contributed by atoms with Crippen molar-refractivity contribution in [3.63, 3.8) is 0 Å². The summed E-state index contributed by atoms with van der Waals surface area (Å²) in [7, 11) is -4.38. The first-order valence-electron chi connectivity index (χ1n) is 14.4. The average molecular weight is 632 g/mol. The summed E-state index contributed by atoms with van der Waals surface area (Å²) in [6, 6.07) is 12.6. The summed E-state index contributed by atoms with van der Waals surface area (Å²) >= 11 is 0. The van der Waals surface area contributed by atoms with E-state index in [1.165, 1.54) is 6.07 Å². The topological polar surface area (TPSA) is 108 Å². The van der Waals surface area contributed by atoms with Crippen LogP contribution in [0.5, 0.6) is 5.75 Å². The van der Waals surface area contributed by atoms with E-state index in [0.29, 0.717) is 30.8 Å². The number of sulfonamides is 1. The number of aliphatic hydroxyl groups is 1. The Hall–Kier alpha value is -3.61. The van der Waals surface area contributed by atoms with E-state index in [0.717, 1.165) is 41.8 Å². The minimum atomic E-state index is -4.62. The van der Waals surface area contributed by atoms with E-state index >= 15 is 0 Å². The van der Waals surface area contributed by atoms with E-state index in [9.17, 15) is 31.5 Å². The Balaban J connectivity index is 1.41. The number of carbonyl (C=O) groups is 1. The van der Waals surface area contributed by atoms with Crippen molar-refractivity contribution in [2.45, 2.75) is 75.4 Å². The third-order valence-electron chi connectivity index (χ3n) is 8.40. The molecule has 3 aromatic carbocycles. The molecular formula is C32H36F3N3O5S. The molecular weight excluding hydrogens is 595 g/mol. The molecule has 3 N–H and O–H groups in total. The van der Waals surface area contributed by atoms with E-state index < -0.39 is 44.4 Å². The molecule has 0 aromatic heterocycles. The number of hydrogen-bond acceptors (Lipinski definition) is 6. The quantitative estimate of drug-likeness (QED) is 0.314. The molecule has 0 bridgehead atoms. The Kier molecular flexibility index (Phi) is 8.47. The molecule has 2 aliphatic rings. The number of fused-ring (bicyclic) bond motifs is 1. The molecule has 8 nitrogen and oxygen atoms in total. The number of hydrogen-bond donors (Lipinski definition) is 3. The van der Waals surface area contributed by atoms with Crippen molar-refractivity contribution in [2.75, 3.05) is 18.4 Å². The van der Waals surface area contributed by atoms with Crippen LogP contribution in [0.1, 0.15) is 65.3 Å². The molecule has 0 aliphatic carbocycles. The van der Waals surface area contributed by atoms with Crippen LogP contribution in [-0.2, 0) is 16.2 Å². The van der Waals surface area contributed by atoms with Crippen molar-refractivity contribution in [3.8, 4) is 5.75 Å². The van der Waals surface area contributed by atoms with Crippen molar-refractivity contribution in [1.82, 2.24) is 9.62 Å². The second-order valence-corrected chi connectivity index (χ2v) is 13.7. The number of likely N-dealkylation sites (tertiary alicyclic amines) is 1. The van der Waals surface area contributed by atoms with Gasteiger partial charge in [0.15, 0.2) is 0 Å². The predicted octanol–water partition coefficient (Wildman–Crippen LogP) is 5.59. The van der Waals surface area contributed by atoms with Crippen LogP contribution in [0, 0.1) is 13.8 Å². The second kappa shape index (κ2) is 11.7. The third-order valence-corrected chi connectivity index (χ3v) is 9.86. The van der Waals surface area contributed by atoms with Crippen LogP contribution in [0.25, 0.3) is 0 Å². The minimum absolute atomic E-state index is 0.0627. The van der Waals surface area contributed by atoms with Crippen LogP contribution in [0.4, 0.5) is 18.9 Å². The maximum atomic E-state index is 13.8. The number of para-hydroxylation sites is 1. The number of benzene rings is 3. The molecule has 3 atom stereocenters. The summed E-state index contributed by atoms with van der Waals surface area (Å²) in [5, 5.41) is 14.7. The highest BCUT2D eigenvalue weighted by atomic mass is 32.2. The number of rotatable bonds is 7. The third kappa shape index (κ3) is 6.29. The summed E-state index contributed by atoms with van der Waals surface area (Å²) in [6.45, 7) is 8.37. The van der Waals surface area contributed by atoms with E-state index in [4.69, 9.17) is 4.74 Å². The van der Waals surface area contributed by atoms with Gasteiger partial charge < -0.3 is 20.1 Å². The fourth-order valence-corrected chi connectivity index (χ4v) is 7.13. The lowest BCUT2D eigenvalue weighted by atomic mass is 9.86. The molecule has 2 heterocycles. The zero-order chi connectivity index (χ0) is 32.0. The monoisotopic (exact) mass is 631 g/mol. The normalized spacial score (nSPS) is 21.5.